The summed E-state index contributed by atoms with van der Waals surface area (Å²) in [6.45, 7) is 4.79. The van der Waals surface area contributed by atoms with Gasteiger partial charge in [-0.15, -0.1) is 11.3 Å². The van der Waals surface area contributed by atoms with Crippen molar-refractivity contribution in [2.24, 2.45) is 5.92 Å². The lowest BCUT2D eigenvalue weighted by Gasteiger charge is -2.52. The van der Waals surface area contributed by atoms with E-state index in [1.54, 1.807) is 0 Å². The first kappa shape index (κ1) is 24.0. The zero-order chi connectivity index (χ0) is 24.1. The molecule has 6 heteroatoms. The van der Waals surface area contributed by atoms with Gasteiger partial charge in [-0.05, 0) is 29.1 Å². The molecule has 5 nitrogen and oxygen atoms in total. The summed E-state index contributed by atoms with van der Waals surface area (Å²) in [4.78, 5) is 14.2. The number of hydrogen-bond acceptors (Lipinski definition) is 5. The van der Waals surface area contributed by atoms with E-state index < -0.39 is 11.6 Å². The number of aliphatic hydroxyl groups is 1. The number of rotatable bonds is 10. The SMILES string of the molecule is O=C(O[C@H]1C[N+]2(CCCOc3ccccc3)CCC1CC2)C(O)(Cc1ccccc1)c1cccs1. The molecule has 35 heavy (non-hydrogen) atoms. The number of nitrogens with zero attached hydrogens (tertiary/aromatic N) is 1. The Morgan fingerprint density at radius 3 is 2.40 bits per heavy atom. The van der Waals surface area contributed by atoms with Crippen LogP contribution < -0.4 is 4.74 Å². The zero-order valence-electron chi connectivity index (χ0n) is 20.1. The molecule has 2 bridgehead atoms. The van der Waals surface area contributed by atoms with E-state index in [0.717, 1.165) is 61.2 Å². The van der Waals surface area contributed by atoms with Crippen molar-refractivity contribution < 1.29 is 23.9 Å². The normalized spacial score (nSPS) is 25.1. The molecule has 1 aromatic heterocycles. The molecule has 3 aliphatic rings. The van der Waals surface area contributed by atoms with Crippen molar-refractivity contribution >= 4 is 17.3 Å². The maximum atomic E-state index is 13.5. The van der Waals surface area contributed by atoms with E-state index in [4.69, 9.17) is 9.47 Å². The van der Waals surface area contributed by atoms with E-state index in [9.17, 15) is 9.90 Å². The lowest BCUT2D eigenvalue weighted by Crippen LogP contribution is -2.65. The first-order valence-electron chi connectivity index (χ1n) is 12.6. The topological polar surface area (TPSA) is 55.8 Å². The number of fused-ring (bicyclic) bond motifs is 3. The van der Waals surface area contributed by atoms with Gasteiger partial charge < -0.3 is 19.1 Å². The summed E-state index contributed by atoms with van der Waals surface area (Å²) in [6, 6.07) is 23.3. The van der Waals surface area contributed by atoms with E-state index in [-0.39, 0.29) is 12.5 Å². The second-order valence-corrected chi connectivity index (χ2v) is 10.9. The molecule has 0 aliphatic carbocycles. The second-order valence-electron chi connectivity index (χ2n) is 9.99. The van der Waals surface area contributed by atoms with Crippen molar-refractivity contribution in [1.29, 1.82) is 0 Å². The van der Waals surface area contributed by atoms with Crippen LogP contribution in [0.4, 0.5) is 0 Å². The van der Waals surface area contributed by atoms with Crippen molar-refractivity contribution in [2.45, 2.75) is 37.4 Å². The highest BCUT2D eigenvalue weighted by Crippen LogP contribution is 2.38. The minimum atomic E-state index is -1.67. The molecule has 0 radical (unpaired) electrons. The molecule has 0 amide bonds. The predicted octanol–water partition coefficient (Wildman–Crippen LogP) is 4.80. The average molecular weight is 493 g/mol. The number of para-hydroxylation sites is 1. The van der Waals surface area contributed by atoms with Crippen LogP contribution in [0.2, 0.25) is 0 Å². The van der Waals surface area contributed by atoms with Gasteiger partial charge in [0.25, 0.3) is 0 Å². The molecule has 3 aliphatic heterocycles. The van der Waals surface area contributed by atoms with Crippen LogP contribution in [0.5, 0.6) is 5.75 Å². The van der Waals surface area contributed by atoms with E-state index in [1.807, 2.05) is 78.2 Å². The summed E-state index contributed by atoms with van der Waals surface area (Å²) >= 11 is 1.40. The monoisotopic (exact) mass is 492 g/mol. The number of benzene rings is 2. The van der Waals surface area contributed by atoms with Gasteiger partial charge in [0, 0.05) is 36.5 Å². The quantitative estimate of drug-likeness (QED) is 0.251. The van der Waals surface area contributed by atoms with Gasteiger partial charge in [-0.3, -0.25) is 0 Å². The van der Waals surface area contributed by atoms with Crippen LogP contribution in [0.1, 0.15) is 29.7 Å². The molecule has 0 saturated carbocycles. The molecule has 0 spiro atoms. The molecule has 184 valence electrons. The van der Waals surface area contributed by atoms with Crippen LogP contribution in [0, 0.1) is 5.92 Å². The minimum Gasteiger partial charge on any atom is -0.493 e. The standard InChI is InChI=1S/C29H34NO4S/c31-28(29(32,27-13-7-20-35-27)21-23-9-3-1-4-10-23)34-26-22-30(17-14-24(26)15-18-30)16-8-19-33-25-11-5-2-6-12-25/h1-7,9-13,20,24,26,32H,8,14-19,21-22H2/q+1/t24?,26-,29?,30?/m0/s1. The Kier molecular flexibility index (Phi) is 7.23. The van der Waals surface area contributed by atoms with Crippen molar-refractivity contribution in [3.05, 3.63) is 88.6 Å². The van der Waals surface area contributed by atoms with E-state index >= 15 is 0 Å². The summed E-state index contributed by atoms with van der Waals surface area (Å²) in [5, 5.41) is 13.5. The number of esters is 1. The lowest BCUT2D eigenvalue weighted by molar-refractivity contribution is -0.946. The number of thiophene rings is 1. The molecule has 3 aromatic rings. The van der Waals surface area contributed by atoms with Gasteiger partial charge in [-0.2, -0.15) is 0 Å². The van der Waals surface area contributed by atoms with Crippen LogP contribution >= 0.6 is 11.3 Å². The minimum absolute atomic E-state index is 0.151. The Hall–Kier alpha value is -2.67. The third-order valence-electron chi connectivity index (χ3n) is 7.66. The highest BCUT2D eigenvalue weighted by Gasteiger charge is 2.50. The molecule has 1 unspecified atom stereocenters. The maximum absolute atomic E-state index is 13.5. The predicted molar refractivity (Wildman–Crippen MR) is 137 cm³/mol. The molecule has 4 heterocycles. The van der Waals surface area contributed by atoms with E-state index in [1.165, 1.54) is 11.3 Å². The Morgan fingerprint density at radius 2 is 1.71 bits per heavy atom. The Morgan fingerprint density at radius 1 is 1.00 bits per heavy atom. The lowest BCUT2D eigenvalue weighted by atomic mass is 9.82. The summed E-state index contributed by atoms with van der Waals surface area (Å²) < 4.78 is 13.0. The van der Waals surface area contributed by atoms with E-state index in [0.29, 0.717) is 17.4 Å². The number of piperidine rings is 3. The van der Waals surface area contributed by atoms with Gasteiger partial charge in [0.1, 0.15) is 12.3 Å². The van der Waals surface area contributed by atoms with Crippen LogP contribution in [-0.4, -0.2) is 54.4 Å². The molecular formula is C29H34NO4S+. The molecule has 2 aromatic carbocycles. The number of ether oxygens (including phenoxy) is 2. The van der Waals surface area contributed by atoms with Gasteiger partial charge in [0.15, 0.2) is 6.10 Å². The largest absolute Gasteiger partial charge is 0.493 e. The van der Waals surface area contributed by atoms with Gasteiger partial charge in [-0.1, -0.05) is 54.6 Å². The zero-order valence-corrected chi connectivity index (χ0v) is 20.9. The van der Waals surface area contributed by atoms with Gasteiger partial charge >= 0.3 is 5.97 Å². The van der Waals surface area contributed by atoms with Gasteiger partial charge in [-0.25, -0.2) is 4.79 Å². The first-order chi connectivity index (χ1) is 17.1. The van der Waals surface area contributed by atoms with Crippen molar-refractivity contribution in [1.82, 2.24) is 0 Å². The number of carbonyl (C=O) groups excluding carboxylic acids is 1. The van der Waals surface area contributed by atoms with Crippen molar-refractivity contribution in [2.75, 3.05) is 32.8 Å². The third kappa shape index (κ3) is 5.45. The highest BCUT2D eigenvalue weighted by molar-refractivity contribution is 7.10. The van der Waals surface area contributed by atoms with Gasteiger partial charge in [0.2, 0.25) is 5.60 Å². The number of hydrogen-bond donors (Lipinski definition) is 1. The van der Waals surface area contributed by atoms with Crippen molar-refractivity contribution in [3.8, 4) is 5.75 Å². The summed E-state index contributed by atoms with van der Waals surface area (Å²) in [6.07, 6.45) is 3.15. The third-order valence-corrected chi connectivity index (χ3v) is 8.68. The number of quaternary nitrogens is 1. The summed E-state index contributed by atoms with van der Waals surface area (Å²) in [7, 11) is 0. The molecule has 2 atom stereocenters. The molecule has 1 N–H and O–H groups in total. The average Bonchev–Trinajstić information content (AvgIpc) is 3.44. The van der Waals surface area contributed by atoms with Gasteiger partial charge in [0.05, 0.1) is 26.2 Å². The molecule has 3 saturated heterocycles. The number of carbonyl (C=O) groups is 1. The fourth-order valence-corrected chi connectivity index (χ4v) is 6.49. The fraction of sp³-hybridized carbons (Fsp3) is 0.414. The van der Waals surface area contributed by atoms with E-state index in [2.05, 4.69) is 0 Å². The Bertz CT molecular complexity index is 1080. The van der Waals surface area contributed by atoms with Crippen LogP contribution in [-0.2, 0) is 21.6 Å². The maximum Gasteiger partial charge on any atom is 0.344 e. The highest BCUT2D eigenvalue weighted by atomic mass is 32.1. The first-order valence-corrected chi connectivity index (χ1v) is 13.5. The fourth-order valence-electron chi connectivity index (χ4n) is 5.68. The Labute approximate surface area is 211 Å². The van der Waals surface area contributed by atoms with Crippen LogP contribution in [0.3, 0.4) is 0 Å². The molecular weight excluding hydrogens is 458 g/mol. The summed E-state index contributed by atoms with van der Waals surface area (Å²) in [5.74, 6) is 0.764. The molecule has 6 rings (SSSR count). The Balaban J connectivity index is 1.23. The van der Waals surface area contributed by atoms with Crippen LogP contribution in [0.15, 0.2) is 78.2 Å². The summed E-state index contributed by atoms with van der Waals surface area (Å²) in [5.41, 5.74) is -0.758. The molecule has 3 fully saturated rings. The second kappa shape index (κ2) is 10.5. The van der Waals surface area contributed by atoms with Crippen molar-refractivity contribution in [3.63, 3.8) is 0 Å². The smallest absolute Gasteiger partial charge is 0.344 e. The van der Waals surface area contributed by atoms with Crippen LogP contribution in [0.25, 0.3) is 0 Å².